The molecule has 0 bridgehead atoms. The largest absolute Gasteiger partial charge is 0.392 e. The number of hydrogen-bond acceptors (Lipinski definition) is 8. The zero-order chi connectivity index (χ0) is 33.6. The summed E-state index contributed by atoms with van der Waals surface area (Å²) in [7, 11) is 3.73. The first-order valence-corrected chi connectivity index (χ1v) is 16.4. The minimum Gasteiger partial charge on any atom is -0.392 e. The number of β-amino-alcohol motifs (C(OH)–C–C–N with tert-alkyl or cyclic N) is 1. The summed E-state index contributed by atoms with van der Waals surface area (Å²) in [6, 6.07) is 5.85. The average Bonchev–Trinajstić information content (AvgIpc) is 3.54. The zero-order valence-corrected chi connectivity index (χ0v) is 28.5. The number of nitrogens with one attached hydrogen (secondary N) is 2. The highest BCUT2D eigenvalue weighted by Crippen LogP contribution is 2.37. The van der Waals surface area contributed by atoms with E-state index in [1.165, 1.54) is 0 Å². The van der Waals surface area contributed by atoms with Crippen molar-refractivity contribution >= 4 is 34.8 Å². The van der Waals surface area contributed by atoms with Gasteiger partial charge >= 0.3 is 0 Å². The molecule has 0 saturated heterocycles. The molecule has 2 aliphatic heterocycles. The molecule has 3 N–H and O–H groups in total. The summed E-state index contributed by atoms with van der Waals surface area (Å²) in [5.41, 5.74) is 7.03. The van der Waals surface area contributed by atoms with Gasteiger partial charge in [-0.25, -0.2) is 9.97 Å². The van der Waals surface area contributed by atoms with Crippen LogP contribution in [-0.2, 0) is 40.0 Å². The summed E-state index contributed by atoms with van der Waals surface area (Å²) in [6.07, 6.45) is 4.46. The molecule has 47 heavy (non-hydrogen) atoms. The van der Waals surface area contributed by atoms with E-state index >= 15 is 0 Å². The fraction of sp³-hybridized carbons (Fsp3) is 0.441. The topological polar surface area (TPSA) is 133 Å². The van der Waals surface area contributed by atoms with Gasteiger partial charge in [-0.3, -0.25) is 24.4 Å². The summed E-state index contributed by atoms with van der Waals surface area (Å²) in [4.78, 5) is 45.2. The Morgan fingerprint density at radius 3 is 2.15 bits per heavy atom. The number of aliphatic hydroxyl groups excluding tert-OH is 1. The molecule has 0 aliphatic carbocycles. The van der Waals surface area contributed by atoms with Crippen LogP contribution in [0.5, 0.6) is 0 Å². The normalized spacial score (nSPS) is 15.8. The molecule has 1 atom stereocenters. The minimum absolute atomic E-state index is 0.314. The van der Waals surface area contributed by atoms with Gasteiger partial charge < -0.3 is 24.9 Å². The summed E-state index contributed by atoms with van der Waals surface area (Å²) in [6.45, 7) is 11.6. The molecule has 13 heteroatoms. The molecule has 5 heterocycles. The van der Waals surface area contributed by atoms with Gasteiger partial charge in [0.15, 0.2) is 11.6 Å². The number of aliphatic hydroxyl groups is 1. The van der Waals surface area contributed by atoms with Crippen LogP contribution in [0, 0.1) is 6.92 Å². The van der Waals surface area contributed by atoms with E-state index in [-0.39, 0.29) is 11.8 Å². The van der Waals surface area contributed by atoms with Crippen molar-refractivity contribution in [2.24, 2.45) is 14.1 Å². The number of benzene rings is 1. The van der Waals surface area contributed by atoms with Crippen molar-refractivity contribution in [3.05, 3.63) is 75.6 Å². The Bertz CT molecular complexity index is 1840. The van der Waals surface area contributed by atoms with Gasteiger partial charge in [-0.15, -0.1) is 0 Å². The van der Waals surface area contributed by atoms with Crippen molar-refractivity contribution in [1.29, 1.82) is 0 Å². The van der Waals surface area contributed by atoms with E-state index in [1.54, 1.807) is 25.4 Å². The lowest BCUT2D eigenvalue weighted by Gasteiger charge is -2.29. The van der Waals surface area contributed by atoms with Gasteiger partial charge in [-0.1, -0.05) is 23.7 Å². The number of carbonyl (C=O) groups is 2. The van der Waals surface area contributed by atoms with E-state index in [2.05, 4.69) is 44.2 Å². The number of imidazole rings is 2. The molecule has 2 amide bonds. The van der Waals surface area contributed by atoms with Crippen LogP contribution >= 0.6 is 11.6 Å². The first-order valence-electron chi connectivity index (χ1n) is 16.0. The molecule has 248 valence electrons. The van der Waals surface area contributed by atoms with Crippen LogP contribution in [0.4, 0.5) is 11.4 Å². The lowest BCUT2D eigenvalue weighted by Crippen LogP contribution is -2.36. The highest BCUT2D eigenvalue weighted by molar-refractivity contribution is 6.36. The first-order chi connectivity index (χ1) is 22.4. The molecule has 0 saturated carbocycles. The fourth-order valence-corrected chi connectivity index (χ4v) is 6.90. The number of fused-ring (bicyclic) bond motifs is 2. The predicted molar refractivity (Wildman–Crippen MR) is 182 cm³/mol. The van der Waals surface area contributed by atoms with Crippen LogP contribution in [0.1, 0.15) is 70.3 Å². The smallest absolute Gasteiger partial charge is 0.291 e. The van der Waals surface area contributed by atoms with Crippen molar-refractivity contribution in [3.8, 4) is 11.1 Å². The third-order valence-corrected chi connectivity index (χ3v) is 9.69. The number of halogens is 1. The van der Waals surface area contributed by atoms with Gasteiger partial charge in [0.05, 0.1) is 40.1 Å². The monoisotopic (exact) mass is 659 g/mol. The quantitative estimate of drug-likeness (QED) is 0.257. The molecule has 6 rings (SSSR count). The molecule has 0 fully saturated rings. The molecular formula is C34H42ClN9O3. The van der Waals surface area contributed by atoms with Crippen LogP contribution in [0.25, 0.3) is 11.1 Å². The maximum absolute atomic E-state index is 13.5. The van der Waals surface area contributed by atoms with Crippen LogP contribution < -0.4 is 10.6 Å². The number of amides is 2. The summed E-state index contributed by atoms with van der Waals surface area (Å²) < 4.78 is 3.72. The summed E-state index contributed by atoms with van der Waals surface area (Å²) >= 11 is 6.92. The van der Waals surface area contributed by atoms with Gasteiger partial charge in [-0.2, -0.15) is 0 Å². The lowest BCUT2D eigenvalue weighted by atomic mass is 10.0. The Kier molecular flexibility index (Phi) is 9.21. The highest BCUT2D eigenvalue weighted by atomic mass is 35.5. The first kappa shape index (κ1) is 32.8. The lowest BCUT2D eigenvalue weighted by molar-refractivity contribution is 0.100. The van der Waals surface area contributed by atoms with Crippen LogP contribution in [0.3, 0.4) is 0 Å². The number of carbonyl (C=O) groups excluding carboxylic acids is 2. The molecular weight excluding hydrogens is 618 g/mol. The Labute approximate surface area is 279 Å². The molecule has 3 aromatic heterocycles. The van der Waals surface area contributed by atoms with Gasteiger partial charge in [0.1, 0.15) is 0 Å². The number of nitrogens with zero attached hydrogens (tertiary/aromatic N) is 7. The van der Waals surface area contributed by atoms with Crippen LogP contribution in [0.15, 0.2) is 30.6 Å². The molecule has 12 nitrogen and oxygen atoms in total. The van der Waals surface area contributed by atoms with E-state index in [9.17, 15) is 14.7 Å². The molecule has 1 aromatic carbocycles. The van der Waals surface area contributed by atoms with Crippen molar-refractivity contribution in [2.45, 2.75) is 65.8 Å². The maximum atomic E-state index is 13.5. The number of pyridine rings is 1. The Morgan fingerprint density at radius 1 is 0.894 bits per heavy atom. The zero-order valence-electron chi connectivity index (χ0n) is 27.8. The van der Waals surface area contributed by atoms with Crippen molar-refractivity contribution < 1.29 is 14.7 Å². The second-order valence-corrected chi connectivity index (χ2v) is 13.2. The van der Waals surface area contributed by atoms with Crippen LogP contribution in [0.2, 0.25) is 5.02 Å². The number of hydrogen-bond donors (Lipinski definition) is 3. The second kappa shape index (κ2) is 13.2. The third-order valence-electron chi connectivity index (χ3n) is 9.28. The van der Waals surface area contributed by atoms with Gasteiger partial charge in [-0.05, 0) is 39.3 Å². The van der Waals surface area contributed by atoms with Crippen molar-refractivity contribution in [2.75, 3.05) is 30.3 Å². The van der Waals surface area contributed by atoms with E-state index in [0.29, 0.717) is 59.3 Å². The van der Waals surface area contributed by atoms with Crippen molar-refractivity contribution in [1.82, 2.24) is 33.9 Å². The Morgan fingerprint density at radius 2 is 1.51 bits per heavy atom. The van der Waals surface area contributed by atoms with Gasteiger partial charge in [0.25, 0.3) is 11.8 Å². The molecule has 2 aliphatic rings. The molecule has 0 radical (unpaired) electrons. The fourth-order valence-electron chi connectivity index (χ4n) is 6.62. The Balaban J connectivity index is 1.21. The number of anilines is 2. The standard InChI is InChI=1S/C34H42ClN9O3/c1-19(2)44-13-11-29-27(18-44)38-31(42(29)6)33(46)39-24-9-7-8-22(30(24)35)23-14-36-15-25(21(23)4)40-34(47)32-37-26-17-43(16-20(3)45)12-10-28(26)41(32)5/h7-9,14-15,19-20,45H,10-13,16-18H2,1-6H3,(H,39,46)(H,40,47)/t20-/m0/s1. The van der Waals surface area contributed by atoms with Crippen molar-refractivity contribution in [3.63, 3.8) is 0 Å². The van der Waals surface area contributed by atoms with Gasteiger partial charge in [0, 0.05) is 94.4 Å². The maximum Gasteiger partial charge on any atom is 0.291 e. The van der Waals surface area contributed by atoms with E-state index in [0.717, 1.165) is 59.8 Å². The predicted octanol–water partition coefficient (Wildman–Crippen LogP) is 4.19. The third kappa shape index (κ3) is 6.42. The van der Waals surface area contributed by atoms with E-state index in [1.807, 2.05) is 42.3 Å². The SMILES string of the molecule is Cc1c(NC(=O)c2nc3c(n2C)CCN(C[C@H](C)O)C3)cncc1-c1cccc(NC(=O)c2nc3c(n2C)CCN(C(C)C)C3)c1Cl. The second-order valence-electron chi connectivity index (χ2n) is 12.9. The van der Waals surface area contributed by atoms with Crippen LogP contribution in [-0.4, -0.2) is 82.6 Å². The number of aromatic nitrogens is 5. The summed E-state index contributed by atoms with van der Waals surface area (Å²) in [5, 5.41) is 16.1. The molecule has 0 unspecified atom stereocenters. The molecule has 4 aromatic rings. The average molecular weight is 660 g/mol. The van der Waals surface area contributed by atoms with E-state index < -0.39 is 6.10 Å². The van der Waals surface area contributed by atoms with Gasteiger partial charge in [0.2, 0.25) is 0 Å². The van der Waals surface area contributed by atoms with E-state index in [4.69, 9.17) is 16.6 Å². The minimum atomic E-state index is -0.432. The number of rotatable bonds is 8. The molecule has 0 spiro atoms. The Hall–Kier alpha value is -4.10. The summed E-state index contributed by atoms with van der Waals surface area (Å²) in [5.74, 6) is -0.0161. The highest BCUT2D eigenvalue weighted by Gasteiger charge is 2.28.